The zero-order valence-corrected chi connectivity index (χ0v) is 6.65. The molecule has 0 saturated heterocycles. The highest BCUT2D eigenvalue weighted by molar-refractivity contribution is 5.88. The van der Waals surface area contributed by atoms with Gasteiger partial charge in [-0.25, -0.2) is 4.79 Å². The van der Waals surface area contributed by atoms with E-state index in [4.69, 9.17) is 9.84 Å². The van der Waals surface area contributed by atoms with Crippen LogP contribution < -0.4 is 0 Å². The highest BCUT2D eigenvalue weighted by atomic mass is 16.5. The number of methoxy groups -OCH3 is 1. The highest BCUT2D eigenvalue weighted by Crippen LogP contribution is 2.07. The monoisotopic (exact) mass is 167 g/mol. The van der Waals surface area contributed by atoms with Gasteiger partial charge in [0.2, 0.25) is 0 Å². The van der Waals surface area contributed by atoms with Crippen LogP contribution in [0.2, 0.25) is 0 Å². The van der Waals surface area contributed by atoms with Gasteiger partial charge in [-0.05, 0) is 11.6 Å². The average molecular weight is 167 g/mol. The number of hydrogen-bond donors (Lipinski definition) is 1. The van der Waals surface area contributed by atoms with Crippen molar-refractivity contribution in [3.05, 3.63) is 29.6 Å². The van der Waals surface area contributed by atoms with Crippen LogP contribution in [-0.2, 0) is 11.3 Å². The first-order valence-electron chi connectivity index (χ1n) is 3.41. The van der Waals surface area contributed by atoms with Gasteiger partial charge in [0.25, 0.3) is 0 Å². The van der Waals surface area contributed by atoms with Crippen LogP contribution >= 0.6 is 0 Å². The molecule has 1 N–H and O–H groups in total. The molecule has 64 valence electrons. The van der Waals surface area contributed by atoms with E-state index in [1.165, 1.54) is 13.3 Å². The first kappa shape index (κ1) is 8.67. The maximum absolute atomic E-state index is 10.6. The third-order valence-electron chi connectivity index (χ3n) is 1.44. The largest absolute Gasteiger partial charge is 0.478 e. The summed E-state index contributed by atoms with van der Waals surface area (Å²) in [5.41, 5.74) is 0.833. The van der Waals surface area contributed by atoms with Crippen molar-refractivity contribution < 1.29 is 14.6 Å². The molecule has 4 heteroatoms. The Balaban J connectivity index is 3.00. The number of pyridine rings is 1. The van der Waals surface area contributed by atoms with Crippen molar-refractivity contribution >= 4 is 5.97 Å². The maximum Gasteiger partial charge on any atom is 0.337 e. The van der Waals surface area contributed by atoms with Gasteiger partial charge in [0.1, 0.15) is 0 Å². The van der Waals surface area contributed by atoms with Gasteiger partial charge in [-0.3, -0.25) is 4.98 Å². The van der Waals surface area contributed by atoms with Gasteiger partial charge >= 0.3 is 5.97 Å². The Morgan fingerprint density at radius 2 is 2.50 bits per heavy atom. The van der Waals surface area contributed by atoms with Crippen LogP contribution in [0.25, 0.3) is 0 Å². The number of carboxylic acid groups (broad SMARTS) is 1. The molecule has 0 saturated carbocycles. The summed E-state index contributed by atoms with van der Waals surface area (Å²) in [7, 11) is 1.52. The quantitative estimate of drug-likeness (QED) is 0.727. The van der Waals surface area contributed by atoms with E-state index in [-0.39, 0.29) is 5.56 Å². The van der Waals surface area contributed by atoms with Gasteiger partial charge < -0.3 is 9.84 Å². The number of carboxylic acids is 1. The SMILES string of the molecule is COCc1ccncc1C(=O)O. The summed E-state index contributed by atoms with van der Waals surface area (Å²) in [6, 6.07) is 1.63. The molecular weight excluding hydrogens is 158 g/mol. The standard InChI is InChI=1S/C8H9NO3/c1-12-5-6-2-3-9-4-7(6)8(10)11/h2-4H,5H2,1H3,(H,10,11). The van der Waals surface area contributed by atoms with E-state index in [2.05, 4.69) is 4.98 Å². The van der Waals surface area contributed by atoms with Gasteiger partial charge in [-0.1, -0.05) is 0 Å². The van der Waals surface area contributed by atoms with Gasteiger partial charge in [0.05, 0.1) is 12.2 Å². The van der Waals surface area contributed by atoms with Crippen molar-refractivity contribution in [2.45, 2.75) is 6.61 Å². The number of nitrogens with zero attached hydrogens (tertiary/aromatic N) is 1. The Bertz CT molecular complexity index is 285. The summed E-state index contributed by atoms with van der Waals surface area (Å²) in [5, 5.41) is 8.70. The molecule has 0 aliphatic heterocycles. The fraction of sp³-hybridized carbons (Fsp3) is 0.250. The molecule has 1 rings (SSSR count). The molecule has 0 unspecified atom stereocenters. The first-order chi connectivity index (χ1) is 5.75. The molecule has 0 fully saturated rings. The lowest BCUT2D eigenvalue weighted by Gasteiger charge is -2.02. The molecule has 0 aromatic carbocycles. The second-order valence-electron chi connectivity index (χ2n) is 2.27. The number of ether oxygens (including phenoxy) is 1. The van der Waals surface area contributed by atoms with Gasteiger partial charge in [-0.15, -0.1) is 0 Å². The van der Waals surface area contributed by atoms with Crippen molar-refractivity contribution in [1.82, 2.24) is 4.98 Å². The van der Waals surface area contributed by atoms with Gasteiger partial charge in [0, 0.05) is 19.5 Å². The summed E-state index contributed by atoms with van der Waals surface area (Å²) >= 11 is 0. The normalized spacial score (nSPS) is 9.75. The lowest BCUT2D eigenvalue weighted by molar-refractivity contribution is 0.0691. The Hall–Kier alpha value is -1.42. The molecule has 0 atom stereocenters. The van der Waals surface area contributed by atoms with Crippen LogP contribution in [0.4, 0.5) is 0 Å². The summed E-state index contributed by atoms with van der Waals surface area (Å²) in [6.45, 7) is 0.296. The Kier molecular flexibility index (Phi) is 2.76. The van der Waals surface area contributed by atoms with Crippen LogP contribution in [0.5, 0.6) is 0 Å². The minimum absolute atomic E-state index is 0.194. The Morgan fingerprint density at radius 3 is 3.08 bits per heavy atom. The predicted octanol–water partition coefficient (Wildman–Crippen LogP) is 0.926. The van der Waals surface area contributed by atoms with E-state index < -0.39 is 5.97 Å². The van der Waals surface area contributed by atoms with Gasteiger partial charge in [-0.2, -0.15) is 0 Å². The second-order valence-corrected chi connectivity index (χ2v) is 2.27. The first-order valence-corrected chi connectivity index (χ1v) is 3.41. The zero-order valence-electron chi connectivity index (χ0n) is 6.65. The Labute approximate surface area is 69.8 Å². The molecule has 0 aliphatic carbocycles. The number of aromatic nitrogens is 1. The van der Waals surface area contributed by atoms with E-state index >= 15 is 0 Å². The van der Waals surface area contributed by atoms with E-state index in [1.54, 1.807) is 12.3 Å². The molecule has 0 amide bonds. The predicted molar refractivity (Wildman–Crippen MR) is 41.9 cm³/mol. The lowest BCUT2D eigenvalue weighted by atomic mass is 10.1. The number of rotatable bonds is 3. The topological polar surface area (TPSA) is 59.4 Å². The van der Waals surface area contributed by atoms with Crippen molar-refractivity contribution in [3.8, 4) is 0 Å². The molecule has 0 spiro atoms. The maximum atomic E-state index is 10.6. The van der Waals surface area contributed by atoms with Crippen LogP contribution in [0.3, 0.4) is 0 Å². The van der Waals surface area contributed by atoms with Crippen LogP contribution in [0.15, 0.2) is 18.5 Å². The molecule has 1 aromatic rings. The van der Waals surface area contributed by atoms with Crippen LogP contribution in [0.1, 0.15) is 15.9 Å². The molecule has 0 bridgehead atoms. The van der Waals surface area contributed by atoms with Crippen LogP contribution in [0, 0.1) is 0 Å². The summed E-state index contributed by atoms with van der Waals surface area (Å²) in [5.74, 6) is -0.977. The fourth-order valence-corrected chi connectivity index (χ4v) is 0.897. The minimum atomic E-state index is -0.977. The zero-order chi connectivity index (χ0) is 8.97. The average Bonchev–Trinajstić information content (AvgIpc) is 2.05. The van der Waals surface area contributed by atoms with Crippen molar-refractivity contribution in [3.63, 3.8) is 0 Å². The lowest BCUT2D eigenvalue weighted by Crippen LogP contribution is -2.03. The third-order valence-corrected chi connectivity index (χ3v) is 1.44. The van der Waals surface area contributed by atoms with E-state index in [9.17, 15) is 4.79 Å². The van der Waals surface area contributed by atoms with Crippen molar-refractivity contribution in [2.24, 2.45) is 0 Å². The second kappa shape index (κ2) is 3.82. The fourth-order valence-electron chi connectivity index (χ4n) is 0.897. The molecule has 4 nitrogen and oxygen atoms in total. The van der Waals surface area contributed by atoms with Gasteiger partial charge in [0.15, 0.2) is 0 Å². The number of hydrogen-bond acceptors (Lipinski definition) is 3. The highest BCUT2D eigenvalue weighted by Gasteiger charge is 2.08. The van der Waals surface area contributed by atoms with Crippen molar-refractivity contribution in [2.75, 3.05) is 7.11 Å². The minimum Gasteiger partial charge on any atom is -0.478 e. The van der Waals surface area contributed by atoms with E-state index in [0.29, 0.717) is 12.2 Å². The Morgan fingerprint density at radius 1 is 1.75 bits per heavy atom. The molecule has 12 heavy (non-hydrogen) atoms. The van der Waals surface area contributed by atoms with Crippen LogP contribution in [-0.4, -0.2) is 23.2 Å². The van der Waals surface area contributed by atoms with E-state index in [1.807, 2.05) is 0 Å². The molecule has 0 radical (unpaired) electrons. The summed E-state index contributed by atoms with van der Waals surface area (Å²) in [4.78, 5) is 14.3. The molecule has 1 aromatic heterocycles. The smallest absolute Gasteiger partial charge is 0.337 e. The number of carbonyl (C=O) groups is 1. The number of aromatic carboxylic acids is 1. The third kappa shape index (κ3) is 1.79. The molecule has 1 heterocycles. The van der Waals surface area contributed by atoms with Crippen molar-refractivity contribution in [1.29, 1.82) is 0 Å². The summed E-state index contributed by atoms with van der Waals surface area (Å²) < 4.78 is 4.83. The van der Waals surface area contributed by atoms with E-state index in [0.717, 1.165) is 0 Å². The molecular formula is C8H9NO3. The molecule has 0 aliphatic rings. The summed E-state index contributed by atoms with van der Waals surface area (Å²) in [6.07, 6.45) is 2.86.